The number of hydrogen-bond donors (Lipinski definition) is 0. The number of rotatable bonds is 0. The molecule has 3 aromatic heterocycles. The maximum atomic E-state index is 8.01. The summed E-state index contributed by atoms with van der Waals surface area (Å²) >= 11 is 0. The molecule has 0 amide bonds. The Kier molecular flexibility index (Phi) is 1.27. The Hall–Kier alpha value is -2.69. The second-order valence-electron chi connectivity index (χ2n) is 4.95. The molecule has 1 aliphatic rings. The smallest absolute Gasteiger partial charge is 0.233 e. The van der Waals surface area contributed by atoms with Crippen LogP contribution in [-0.2, 0) is 13.5 Å². The van der Waals surface area contributed by atoms with E-state index in [9.17, 15) is 0 Å². The molecule has 0 saturated heterocycles. The molecule has 4 heterocycles. The zero-order chi connectivity index (χ0) is 15.8. The van der Waals surface area contributed by atoms with Crippen LogP contribution in [0.15, 0.2) is 42.6 Å². The van der Waals surface area contributed by atoms with Gasteiger partial charge in [0.05, 0.1) is 29.4 Å². The van der Waals surface area contributed by atoms with Crippen molar-refractivity contribution in [1.29, 1.82) is 0 Å². The summed E-state index contributed by atoms with van der Waals surface area (Å²) in [5, 5.41) is 4.28. The highest BCUT2D eigenvalue weighted by molar-refractivity contribution is 5.77. The predicted octanol–water partition coefficient (Wildman–Crippen LogP) is 1.54. The van der Waals surface area contributed by atoms with Crippen LogP contribution in [0, 0.1) is 0 Å². The number of aryl methyl sites for hydroxylation is 1. The van der Waals surface area contributed by atoms with E-state index < -0.39 is 6.98 Å². The van der Waals surface area contributed by atoms with Crippen molar-refractivity contribution in [3.05, 3.63) is 48.2 Å². The molecule has 0 N–H and O–H groups in total. The van der Waals surface area contributed by atoms with Gasteiger partial charge in [-0.25, -0.2) is 9.13 Å². The van der Waals surface area contributed by atoms with Crippen LogP contribution in [0.5, 0.6) is 0 Å². The van der Waals surface area contributed by atoms with E-state index in [0.29, 0.717) is 29.3 Å². The molecule has 0 spiro atoms. The summed E-state index contributed by atoms with van der Waals surface area (Å²) in [5.41, 5.74) is 3.83. The van der Waals surface area contributed by atoms with Gasteiger partial charge in [0.15, 0.2) is 0 Å². The molecule has 0 radical (unpaired) electrons. The minimum Gasteiger partial charge on any atom is -0.233 e. The Morgan fingerprint density at radius 2 is 2.20 bits per heavy atom. The summed E-state index contributed by atoms with van der Waals surface area (Å²) in [5.74, 6) is 0.665. The molecule has 0 bridgehead atoms. The van der Waals surface area contributed by atoms with Crippen molar-refractivity contribution in [2.75, 3.05) is 0 Å². The largest absolute Gasteiger partial charge is 0.314 e. The summed E-state index contributed by atoms with van der Waals surface area (Å²) in [6, 6.07) is 11.5. The molecule has 1 aromatic carbocycles. The van der Waals surface area contributed by atoms with E-state index in [-0.39, 0.29) is 0 Å². The highest BCUT2D eigenvalue weighted by Crippen LogP contribution is 2.32. The number of imidazole rings is 2. The van der Waals surface area contributed by atoms with Gasteiger partial charge in [0, 0.05) is 11.6 Å². The first-order valence-corrected chi connectivity index (χ1v) is 6.42. The van der Waals surface area contributed by atoms with Crippen LogP contribution in [0.4, 0.5) is 0 Å². The first kappa shape index (κ1) is 7.79. The minimum atomic E-state index is -2.32. The van der Waals surface area contributed by atoms with Gasteiger partial charge in [0.25, 0.3) is 5.65 Å². The van der Waals surface area contributed by atoms with Crippen molar-refractivity contribution in [2.24, 2.45) is 6.98 Å². The molecule has 0 aliphatic carbocycles. The van der Waals surface area contributed by atoms with Crippen molar-refractivity contribution in [3.63, 3.8) is 0 Å². The van der Waals surface area contributed by atoms with Crippen LogP contribution in [0.25, 0.3) is 28.3 Å². The standard InChI is InChI=1S/C15H12N5/c1-18-14-11-6-3-2-5-10(11)9-19(14)13-15(18)20-12(17-13)7-4-8-16-20/h2-8H,9H2,1H3/q+1/i1D3. The second-order valence-corrected chi connectivity index (χ2v) is 4.95. The number of fused-ring (bicyclic) bond motifs is 7. The van der Waals surface area contributed by atoms with Gasteiger partial charge in [-0.1, -0.05) is 18.2 Å². The van der Waals surface area contributed by atoms with Gasteiger partial charge in [-0.15, -0.1) is 9.61 Å². The van der Waals surface area contributed by atoms with E-state index in [2.05, 4.69) is 10.1 Å². The molecular formula is C15H12N5+. The van der Waals surface area contributed by atoms with Gasteiger partial charge in [0.2, 0.25) is 11.5 Å². The Labute approximate surface area is 118 Å². The van der Waals surface area contributed by atoms with Crippen molar-refractivity contribution >= 4 is 16.9 Å². The van der Waals surface area contributed by atoms with Gasteiger partial charge < -0.3 is 0 Å². The fourth-order valence-corrected chi connectivity index (χ4v) is 3.02. The average molecular weight is 265 g/mol. The molecule has 20 heavy (non-hydrogen) atoms. The van der Waals surface area contributed by atoms with Crippen molar-refractivity contribution in [1.82, 2.24) is 19.2 Å². The molecule has 96 valence electrons. The SMILES string of the molecule is [2H]C([2H])([2H])[n+]1c2n(c3nc4cccnn4c31)Cc1ccccc1-2. The fraction of sp³-hybridized carbons (Fsp3) is 0.133. The van der Waals surface area contributed by atoms with Gasteiger partial charge in [-0.05, 0) is 12.1 Å². The molecule has 5 nitrogen and oxygen atoms in total. The molecule has 0 saturated carbocycles. The quantitative estimate of drug-likeness (QED) is 0.398. The lowest BCUT2D eigenvalue weighted by atomic mass is 10.1. The van der Waals surface area contributed by atoms with E-state index >= 15 is 0 Å². The Bertz CT molecular complexity index is 1090. The maximum Gasteiger partial charge on any atom is 0.314 e. The van der Waals surface area contributed by atoms with E-state index in [0.717, 1.165) is 11.1 Å². The number of benzene rings is 1. The van der Waals surface area contributed by atoms with E-state index in [1.165, 1.54) is 4.57 Å². The highest BCUT2D eigenvalue weighted by Gasteiger charge is 2.33. The fourth-order valence-electron chi connectivity index (χ4n) is 3.02. The zero-order valence-electron chi connectivity index (χ0n) is 13.5. The lowest BCUT2D eigenvalue weighted by molar-refractivity contribution is -0.636. The Morgan fingerprint density at radius 3 is 3.15 bits per heavy atom. The lowest BCUT2D eigenvalue weighted by Gasteiger charge is -1.96. The first-order valence-electron chi connectivity index (χ1n) is 7.92. The van der Waals surface area contributed by atoms with Crippen LogP contribution in [0.2, 0.25) is 0 Å². The third-order valence-corrected chi connectivity index (χ3v) is 3.87. The van der Waals surface area contributed by atoms with Crippen LogP contribution in [-0.4, -0.2) is 19.2 Å². The van der Waals surface area contributed by atoms with E-state index in [1.54, 1.807) is 16.8 Å². The Balaban J connectivity index is 2.01. The molecule has 1 aliphatic heterocycles. The van der Waals surface area contributed by atoms with Crippen LogP contribution in [0.3, 0.4) is 0 Å². The summed E-state index contributed by atoms with van der Waals surface area (Å²) in [7, 11) is 0. The molecular weight excluding hydrogens is 250 g/mol. The molecule has 4 aromatic rings. The predicted molar refractivity (Wildman–Crippen MR) is 74.2 cm³/mol. The van der Waals surface area contributed by atoms with Crippen LogP contribution >= 0.6 is 0 Å². The minimum absolute atomic E-state index is 0.505. The summed E-state index contributed by atoms with van der Waals surface area (Å²) in [4.78, 5) is 4.60. The molecule has 5 heteroatoms. The summed E-state index contributed by atoms with van der Waals surface area (Å²) < 4.78 is 29.0. The maximum absolute atomic E-state index is 8.01. The topological polar surface area (TPSA) is 39.0 Å². The first-order chi connectivity index (χ1) is 11.1. The molecule has 5 rings (SSSR count). The third kappa shape index (κ3) is 1.02. The van der Waals surface area contributed by atoms with Crippen molar-refractivity contribution < 1.29 is 8.68 Å². The van der Waals surface area contributed by atoms with Gasteiger partial charge in [-0.2, -0.15) is 4.98 Å². The molecule has 0 fully saturated rings. The highest BCUT2D eigenvalue weighted by atomic mass is 15.4. The Morgan fingerprint density at radius 1 is 1.25 bits per heavy atom. The summed E-state index contributed by atoms with van der Waals surface area (Å²) in [6.07, 6.45) is 1.63. The molecule has 0 unspecified atom stereocenters. The zero-order valence-corrected chi connectivity index (χ0v) is 10.5. The van der Waals surface area contributed by atoms with Crippen LogP contribution < -0.4 is 4.57 Å². The number of aromatic nitrogens is 5. The normalized spacial score (nSPS) is 15.9. The van der Waals surface area contributed by atoms with Crippen molar-refractivity contribution in [2.45, 2.75) is 6.54 Å². The van der Waals surface area contributed by atoms with Gasteiger partial charge in [-0.3, -0.25) is 0 Å². The average Bonchev–Trinajstić information content (AvgIpc) is 3.13. The van der Waals surface area contributed by atoms with Crippen molar-refractivity contribution in [3.8, 4) is 11.4 Å². The second kappa shape index (κ2) is 3.25. The van der Waals surface area contributed by atoms with Crippen LogP contribution in [0.1, 0.15) is 9.68 Å². The monoisotopic (exact) mass is 265 g/mol. The van der Waals surface area contributed by atoms with Gasteiger partial charge in [0.1, 0.15) is 0 Å². The van der Waals surface area contributed by atoms with Gasteiger partial charge >= 0.3 is 5.65 Å². The number of hydrogen-bond acceptors (Lipinski definition) is 2. The summed E-state index contributed by atoms with van der Waals surface area (Å²) in [6.45, 7) is -1.70. The number of nitrogens with zero attached hydrogens (tertiary/aromatic N) is 5. The third-order valence-electron chi connectivity index (χ3n) is 3.87. The molecule has 0 atom stereocenters. The van der Waals surface area contributed by atoms with E-state index in [4.69, 9.17) is 4.11 Å². The lowest BCUT2D eigenvalue weighted by Crippen LogP contribution is -2.30. The van der Waals surface area contributed by atoms with E-state index in [1.807, 2.05) is 34.9 Å².